The van der Waals surface area contributed by atoms with E-state index in [1.807, 2.05) is 0 Å². The summed E-state index contributed by atoms with van der Waals surface area (Å²) in [6.45, 7) is 1.54. The Labute approximate surface area is 120 Å². The Balaban J connectivity index is 1.64. The predicted octanol–water partition coefficient (Wildman–Crippen LogP) is 2.49. The Hall–Kier alpha value is -1.66. The van der Waals surface area contributed by atoms with Crippen LogP contribution < -0.4 is 10.6 Å². The third kappa shape index (κ3) is 4.84. The average molecular weight is 299 g/mol. The standard InChI is InChI=1S/C11H12Cl2N6/c12-8-2-4-10(18-16-8)14-6-1-7-15-11-5-3-9(13)17-19-11/h2-5H,1,6-7H2,(H,14,18)(H,15,19). The second kappa shape index (κ2) is 7.06. The van der Waals surface area contributed by atoms with Gasteiger partial charge in [-0.05, 0) is 30.7 Å². The van der Waals surface area contributed by atoms with Gasteiger partial charge < -0.3 is 10.6 Å². The molecule has 2 rings (SSSR count). The summed E-state index contributed by atoms with van der Waals surface area (Å²) in [4.78, 5) is 0. The van der Waals surface area contributed by atoms with Crippen molar-refractivity contribution in [3.8, 4) is 0 Å². The monoisotopic (exact) mass is 298 g/mol. The molecule has 0 fully saturated rings. The van der Waals surface area contributed by atoms with Crippen molar-refractivity contribution in [2.75, 3.05) is 23.7 Å². The van der Waals surface area contributed by atoms with Crippen LogP contribution in [0.5, 0.6) is 0 Å². The van der Waals surface area contributed by atoms with Crippen molar-refractivity contribution in [2.24, 2.45) is 0 Å². The molecule has 2 aromatic rings. The molecule has 2 N–H and O–H groups in total. The fourth-order valence-electron chi connectivity index (χ4n) is 1.34. The van der Waals surface area contributed by atoms with Crippen molar-refractivity contribution >= 4 is 34.8 Å². The number of anilines is 2. The Morgan fingerprint density at radius 3 is 1.58 bits per heavy atom. The maximum absolute atomic E-state index is 5.64. The number of halogens is 2. The Kier molecular flexibility index (Phi) is 5.11. The summed E-state index contributed by atoms with van der Waals surface area (Å²) in [7, 11) is 0. The molecular weight excluding hydrogens is 287 g/mol. The van der Waals surface area contributed by atoms with E-state index in [0.29, 0.717) is 21.9 Å². The van der Waals surface area contributed by atoms with Gasteiger partial charge in [-0.2, -0.15) is 0 Å². The second-order valence-corrected chi connectivity index (χ2v) is 4.46. The lowest BCUT2D eigenvalue weighted by atomic mass is 10.4. The van der Waals surface area contributed by atoms with Crippen molar-refractivity contribution in [1.82, 2.24) is 20.4 Å². The van der Waals surface area contributed by atoms with E-state index in [1.165, 1.54) is 0 Å². The van der Waals surface area contributed by atoms with Crippen LogP contribution in [0, 0.1) is 0 Å². The van der Waals surface area contributed by atoms with Crippen LogP contribution in [0.2, 0.25) is 10.3 Å². The van der Waals surface area contributed by atoms with Gasteiger partial charge in [0.2, 0.25) is 0 Å². The number of hydrogen-bond donors (Lipinski definition) is 2. The van der Waals surface area contributed by atoms with Crippen LogP contribution >= 0.6 is 23.2 Å². The molecule has 8 heteroatoms. The normalized spacial score (nSPS) is 10.2. The first kappa shape index (κ1) is 13.8. The Morgan fingerprint density at radius 2 is 1.21 bits per heavy atom. The molecule has 0 bridgehead atoms. The van der Waals surface area contributed by atoms with Crippen LogP contribution in [0.4, 0.5) is 11.6 Å². The Bertz CT molecular complexity index is 454. The zero-order valence-electron chi connectivity index (χ0n) is 9.98. The summed E-state index contributed by atoms with van der Waals surface area (Å²) in [6, 6.07) is 6.96. The van der Waals surface area contributed by atoms with Gasteiger partial charge in [0, 0.05) is 13.1 Å². The molecule has 0 aromatic carbocycles. The first-order valence-electron chi connectivity index (χ1n) is 5.70. The van der Waals surface area contributed by atoms with Crippen molar-refractivity contribution in [3.63, 3.8) is 0 Å². The molecule has 0 saturated carbocycles. The predicted molar refractivity (Wildman–Crippen MR) is 75.7 cm³/mol. The van der Waals surface area contributed by atoms with Crippen molar-refractivity contribution in [2.45, 2.75) is 6.42 Å². The van der Waals surface area contributed by atoms with Crippen LogP contribution in [-0.4, -0.2) is 33.5 Å². The highest BCUT2D eigenvalue weighted by molar-refractivity contribution is 6.29. The van der Waals surface area contributed by atoms with Gasteiger partial charge in [-0.25, -0.2) is 0 Å². The molecule has 0 spiro atoms. The van der Waals surface area contributed by atoms with Crippen LogP contribution in [0.25, 0.3) is 0 Å². The lowest BCUT2D eigenvalue weighted by Gasteiger charge is -2.06. The molecule has 0 unspecified atom stereocenters. The minimum absolute atomic E-state index is 0.383. The third-order valence-corrected chi connectivity index (χ3v) is 2.63. The topological polar surface area (TPSA) is 75.6 Å². The summed E-state index contributed by atoms with van der Waals surface area (Å²) in [5, 5.41) is 22.3. The van der Waals surface area contributed by atoms with Crippen molar-refractivity contribution in [3.05, 3.63) is 34.6 Å². The average Bonchev–Trinajstić information content (AvgIpc) is 2.43. The minimum Gasteiger partial charge on any atom is -0.369 e. The zero-order valence-corrected chi connectivity index (χ0v) is 11.5. The third-order valence-electron chi connectivity index (χ3n) is 2.23. The van der Waals surface area contributed by atoms with Gasteiger partial charge in [0.15, 0.2) is 10.3 Å². The fraction of sp³-hybridized carbons (Fsp3) is 0.273. The fourth-order valence-corrected chi connectivity index (χ4v) is 1.54. The molecule has 6 nitrogen and oxygen atoms in total. The highest BCUT2D eigenvalue weighted by Gasteiger charge is 1.96. The first-order chi connectivity index (χ1) is 9.24. The quantitative estimate of drug-likeness (QED) is 0.798. The molecule has 0 atom stereocenters. The van der Waals surface area contributed by atoms with E-state index in [9.17, 15) is 0 Å². The highest BCUT2D eigenvalue weighted by Crippen LogP contribution is 2.07. The molecule has 2 aromatic heterocycles. The lowest BCUT2D eigenvalue weighted by molar-refractivity contribution is 0.882. The number of nitrogens with one attached hydrogen (secondary N) is 2. The molecular formula is C11H12Cl2N6. The second-order valence-electron chi connectivity index (χ2n) is 3.69. The number of hydrogen-bond acceptors (Lipinski definition) is 6. The smallest absolute Gasteiger partial charge is 0.151 e. The number of rotatable bonds is 6. The molecule has 0 aliphatic carbocycles. The number of nitrogens with zero attached hydrogens (tertiary/aromatic N) is 4. The molecule has 0 radical (unpaired) electrons. The van der Waals surface area contributed by atoms with E-state index >= 15 is 0 Å². The van der Waals surface area contributed by atoms with Gasteiger partial charge in [-0.1, -0.05) is 23.2 Å². The summed E-state index contributed by atoms with van der Waals surface area (Å²) in [6.07, 6.45) is 0.897. The van der Waals surface area contributed by atoms with Crippen LogP contribution in [0.3, 0.4) is 0 Å². The lowest BCUT2D eigenvalue weighted by Crippen LogP contribution is -2.11. The molecule has 100 valence electrons. The van der Waals surface area contributed by atoms with E-state index in [0.717, 1.165) is 19.5 Å². The zero-order chi connectivity index (χ0) is 13.5. The van der Waals surface area contributed by atoms with Crippen LogP contribution in [-0.2, 0) is 0 Å². The van der Waals surface area contributed by atoms with Crippen LogP contribution in [0.1, 0.15) is 6.42 Å². The first-order valence-corrected chi connectivity index (χ1v) is 6.46. The number of aromatic nitrogens is 4. The maximum atomic E-state index is 5.64. The van der Waals surface area contributed by atoms with E-state index < -0.39 is 0 Å². The van der Waals surface area contributed by atoms with Crippen molar-refractivity contribution in [1.29, 1.82) is 0 Å². The molecule has 0 amide bonds. The van der Waals surface area contributed by atoms with Gasteiger partial charge in [-0.15, -0.1) is 20.4 Å². The van der Waals surface area contributed by atoms with Gasteiger partial charge in [0.25, 0.3) is 0 Å². The summed E-state index contributed by atoms with van der Waals surface area (Å²) < 4.78 is 0. The summed E-state index contributed by atoms with van der Waals surface area (Å²) in [5.74, 6) is 1.41. The van der Waals surface area contributed by atoms with E-state index in [1.54, 1.807) is 24.3 Å². The summed E-state index contributed by atoms with van der Waals surface area (Å²) >= 11 is 11.3. The van der Waals surface area contributed by atoms with E-state index in [2.05, 4.69) is 31.0 Å². The SMILES string of the molecule is Clc1ccc(NCCCNc2ccc(Cl)nn2)nn1. The van der Waals surface area contributed by atoms with Gasteiger partial charge in [0.05, 0.1) is 0 Å². The summed E-state index contributed by atoms with van der Waals surface area (Å²) in [5.41, 5.74) is 0. The molecule has 0 aliphatic heterocycles. The highest BCUT2D eigenvalue weighted by atomic mass is 35.5. The molecule has 19 heavy (non-hydrogen) atoms. The minimum atomic E-state index is 0.383. The van der Waals surface area contributed by atoms with Crippen LogP contribution in [0.15, 0.2) is 24.3 Å². The van der Waals surface area contributed by atoms with Crippen molar-refractivity contribution < 1.29 is 0 Å². The van der Waals surface area contributed by atoms with Gasteiger partial charge in [0.1, 0.15) is 11.6 Å². The molecule has 0 aliphatic rings. The molecule has 2 heterocycles. The van der Waals surface area contributed by atoms with Gasteiger partial charge >= 0.3 is 0 Å². The van der Waals surface area contributed by atoms with E-state index in [-0.39, 0.29) is 0 Å². The largest absolute Gasteiger partial charge is 0.369 e. The molecule has 0 saturated heterocycles. The van der Waals surface area contributed by atoms with E-state index in [4.69, 9.17) is 23.2 Å². The van der Waals surface area contributed by atoms with Gasteiger partial charge in [-0.3, -0.25) is 0 Å². The Morgan fingerprint density at radius 1 is 0.737 bits per heavy atom. The maximum Gasteiger partial charge on any atom is 0.151 e.